The first kappa shape index (κ1) is 10.9. The minimum Gasteiger partial charge on any atom is -0.361 e. The number of thioether (sulfide) groups is 1. The third-order valence-corrected chi connectivity index (χ3v) is 3.57. The van der Waals surface area contributed by atoms with Gasteiger partial charge in [-0.1, -0.05) is 39.0 Å². The summed E-state index contributed by atoms with van der Waals surface area (Å²) < 4.78 is 0. The van der Waals surface area contributed by atoms with E-state index in [9.17, 15) is 0 Å². The first-order valence-corrected chi connectivity index (χ1v) is 6.18. The highest BCUT2D eigenvalue weighted by atomic mass is 32.2. The van der Waals surface area contributed by atoms with Crippen molar-refractivity contribution in [3.8, 4) is 0 Å². The topological polar surface area (TPSA) is 24.4 Å². The van der Waals surface area contributed by atoms with Crippen LogP contribution in [0, 0.1) is 5.92 Å². The Labute approximate surface area is 85.6 Å². The smallest absolute Gasteiger partial charge is 0.156 e. The minimum atomic E-state index is 0.653. The molecule has 1 heterocycles. The Morgan fingerprint density at radius 1 is 1.62 bits per heavy atom. The maximum Gasteiger partial charge on any atom is 0.156 e. The van der Waals surface area contributed by atoms with Crippen LogP contribution in [0.1, 0.15) is 33.6 Å². The molecule has 0 spiro atoms. The number of rotatable bonds is 4. The lowest BCUT2D eigenvalue weighted by atomic mass is 10.1. The standard InChI is InChI=1S/C10H20N2S/c1-4-8(3)6-11-10-12-9(5-2)7-13-10/h8-9H,4-7H2,1-3H3,(H,11,12). The third kappa shape index (κ3) is 3.59. The highest BCUT2D eigenvalue weighted by Crippen LogP contribution is 2.16. The van der Waals surface area contributed by atoms with Crippen LogP contribution in [0.25, 0.3) is 0 Å². The zero-order chi connectivity index (χ0) is 9.68. The number of aliphatic imine (C=N–C) groups is 1. The summed E-state index contributed by atoms with van der Waals surface area (Å²) >= 11 is 1.87. The fraction of sp³-hybridized carbons (Fsp3) is 0.900. The molecule has 1 fully saturated rings. The van der Waals surface area contributed by atoms with Gasteiger partial charge in [-0.3, -0.25) is 4.99 Å². The number of hydrogen-bond acceptors (Lipinski definition) is 2. The lowest BCUT2D eigenvalue weighted by Crippen LogP contribution is -2.26. The first-order chi connectivity index (χ1) is 6.26. The largest absolute Gasteiger partial charge is 0.361 e. The molecule has 0 aromatic carbocycles. The van der Waals surface area contributed by atoms with Crippen LogP contribution >= 0.6 is 11.8 Å². The molecule has 0 aliphatic carbocycles. The molecule has 0 aromatic heterocycles. The van der Waals surface area contributed by atoms with Crippen molar-refractivity contribution in [2.75, 3.05) is 12.3 Å². The molecule has 3 heteroatoms. The summed E-state index contributed by atoms with van der Waals surface area (Å²) in [4.78, 5) is 4.56. The van der Waals surface area contributed by atoms with Gasteiger partial charge in [0, 0.05) is 18.3 Å². The summed E-state index contributed by atoms with van der Waals surface area (Å²) in [5.41, 5.74) is 0. The fourth-order valence-electron chi connectivity index (χ4n) is 1.12. The Hall–Kier alpha value is -0.180. The van der Waals surface area contributed by atoms with Gasteiger partial charge in [0.05, 0.1) is 0 Å². The van der Waals surface area contributed by atoms with Crippen LogP contribution in [-0.2, 0) is 0 Å². The molecule has 13 heavy (non-hydrogen) atoms. The van der Waals surface area contributed by atoms with Gasteiger partial charge in [-0.2, -0.15) is 0 Å². The molecule has 0 amide bonds. The lowest BCUT2D eigenvalue weighted by Gasteiger charge is -2.06. The molecule has 1 N–H and O–H groups in total. The van der Waals surface area contributed by atoms with Gasteiger partial charge in [0.25, 0.3) is 0 Å². The Morgan fingerprint density at radius 2 is 2.38 bits per heavy atom. The quantitative estimate of drug-likeness (QED) is 0.754. The van der Waals surface area contributed by atoms with Gasteiger partial charge < -0.3 is 5.32 Å². The van der Waals surface area contributed by atoms with Crippen molar-refractivity contribution in [2.24, 2.45) is 10.9 Å². The van der Waals surface area contributed by atoms with E-state index in [1.807, 2.05) is 11.8 Å². The van der Waals surface area contributed by atoms with Crippen molar-refractivity contribution >= 4 is 16.9 Å². The summed E-state index contributed by atoms with van der Waals surface area (Å²) in [7, 11) is 0. The van der Waals surface area contributed by atoms with Crippen molar-refractivity contribution in [3.63, 3.8) is 0 Å². The molecule has 2 unspecified atom stereocenters. The molecule has 0 saturated carbocycles. The second-order valence-electron chi connectivity index (χ2n) is 3.72. The predicted molar refractivity (Wildman–Crippen MR) is 61.4 cm³/mol. The van der Waals surface area contributed by atoms with Crippen LogP contribution in [0.15, 0.2) is 4.99 Å². The highest BCUT2D eigenvalue weighted by Gasteiger charge is 2.17. The van der Waals surface area contributed by atoms with E-state index in [-0.39, 0.29) is 0 Å². The molecule has 1 rings (SSSR count). The highest BCUT2D eigenvalue weighted by molar-refractivity contribution is 8.14. The predicted octanol–water partition coefficient (Wildman–Crippen LogP) is 2.50. The number of hydrogen-bond donors (Lipinski definition) is 1. The van der Waals surface area contributed by atoms with Gasteiger partial charge in [0.1, 0.15) is 0 Å². The first-order valence-electron chi connectivity index (χ1n) is 5.20. The molecule has 0 aromatic rings. The van der Waals surface area contributed by atoms with Crippen LogP contribution in [0.5, 0.6) is 0 Å². The number of nitrogens with zero attached hydrogens (tertiary/aromatic N) is 1. The molecule has 1 aliphatic rings. The minimum absolute atomic E-state index is 0.653. The Bertz CT molecular complexity index is 180. The average Bonchev–Trinajstić information content (AvgIpc) is 2.61. The molecule has 2 nitrogen and oxygen atoms in total. The molecule has 76 valence electrons. The summed E-state index contributed by atoms with van der Waals surface area (Å²) in [6.07, 6.45) is 2.42. The Balaban J connectivity index is 2.28. The zero-order valence-corrected chi connectivity index (χ0v) is 9.66. The van der Waals surface area contributed by atoms with E-state index in [1.165, 1.54) is 18.6 Å². The van der Waals surface area contributed by atoms with E-state index >= 15 is 0 Å². The maximum absolute atomic E-state index is 4.56. The Kier molecular flexibility index (Phi) is 4.64. The fourth-order valence-corrected chi connectivity index (χ4v) is 2.21. The molecular formula is C10H20N2S. The number of nitrogens with one attached hydrogen (secondary N) is 1. The summed E-state index contributed by atoms with van der Waals surface area (Å²) in [6, 6.07) is 0.653. The van der Waals surface area contributed by atoms with Crippen molar-refractivity contribution in [1.82, 2.24) is 5.32 Å². The van der Waals surface area contributed by atoms with E-state index in [2.05, 4.69) is 31.1 Å². The lowest BCUT2D eigenvalue weighted by molar-refractivity contribution is 0.575. The van der Waals surface area contributed by atoms with Crippen molar-refractivity contribution in [1.29, 1.82) is 0 Å². The van der Waals surface area contributed by atoms with Crippen molar-refractivity contribution in [2.45, 2.75) is 39.7 Å². The van der Waals surface area contributed by atoms with E-state index in [4.69, 9.17) is 0 Å². The van der Waals surface area contributed by atoms with Gasteiger partial charge in [-0.15, -0.1) is 0 Å². The normalized spacial score (nSPS) is 27.6. The van der Waals surface area contributed by atoms with Crippen LogP contribution in [0.2, 0.25) is 0 Å². The summed E-state index contributed by atoms with van der Waals surface area (Å²) in [5.74, 6) is 1.91. The van der Waals surface area contributed by atoms with Gasteiger partial charge >= 0.3 is 0 Å². The molecular weight excluding hydrogens is 180 g/mol. The van der Waals surface area contributed by atoms with Gasteiger partial charge in [-0.05, 0) is 12.3 Å². The SMILES string of the molecule is CCC(C)CN=C1NC(CC)CS1. The van der Waals surface area contributed by atoms with Crippen LogP contribution < -0.4 is 5.32 Å². The van der Waals surface area contributed by atoms with E-state index in [1.54, 1.807) is 0 Å². The van der Waals surface area contributed by atoms with E-state index in [0.29, 0.717) is 6.04 Å². The average molecular weight is 200 g/mol. The summed E-state index contributed by atoms with van der Waals surface area (Å²) in [6.45, 7) is 7.66. The van der Waals surface area contributed by atoms with Gasteiger partial charge in [-0.25, -0.2) is 0 Å². The third-order valence-electron chi connectivity index (χ3n) is 2.49. The molecule has 1 saturated heterocycles. The molecule has 0 bridgehead atoms. The second-order valence-corrected chi connectivity index (χ2v) is 4.73. The Morgan fingerprint density at radius 3 is 2.92 bits per heavy atom. The van der Waals surface area contributed by atoms with Gasteiger partial charge in [0.2, 0.25) is 0 Å². The van der Waals surface area contributed by atoms with E-state index in [0.717, 1.165) is 17.6 Å². The molecule has 2 atom stereocenters. The monoisotopic (exact) mass is 200 g/mol. The van der Waals surface area contributed by atoms with Gasteiger partial charge in [0.15, 0.2) is 5.17 Å². The molecule has 0 radical (unpaired) electrons. The zero-order valence-electron chi connectivity index (χ0n) is 8.84. The van der Waals surface area contributed by atoms with Crippen molar-refractivity contribution in [3.05, 3.63) is 0 Å². The summed E-state index contributed by atoms with van der Waals surface area (Å²) in [5, 5.41) is 4.59. The van der Waals surface area contributed by atoms with Crippen LogP contribution in [0.3, 0.4) is 0 Å². The van der Waals surface area contributed by atoms with Crippen molar-refractivity contribution < 1.29 is 0 Å². The maximum atomic E-state index is 4.56. The van der Waals surface area contributed by atoms with Crippen LogP contribution in [0.4, 0.5) is 0 Å². The molecule has 1 aliphatic heterocycles. The van der Waals surface area contributed by atoms with Crippen LogP contribution in [-0.4, -0.2) is 23.5 Å². The van der Waals surface area contributed by atoms with E-state index < -0.39 is 0 Å². The number of amidine groups is 1. The second kappa shape index (κ2) is 5.53.